The number of hydrogen-bond acceptors (Lipinski definition) is 4. The highest BCUT2D eigenvalue weighted by Gasteiger charge is 2.11. The van der Waals surface area contributed by atoms with Crippen LogP contribution >= 0.6 is 22.6 Å². The highest BCUT2D eigenvalue weighted by atomic mass is 127. The molecule has 0 aliphatic heterocycles. The molecule has 1 N–H and O–H groups in total. The number of nitrogens with zero attached hydrogens (tertiary/aromatic N) is 3. The average Bonchev–Trinajstić information content (AvgIpc) is 2.75. The topological polar surface area (TPSA) is 73.0 Å². The summed E-state index contributed by atoms with van der Waals surface area (Å²) < 4.78 is 2.49. The molecule has 1 aromatic heterocycles. The summed E-state index contributed by atoms with van der Waals surface area (Å²) >= 11 is 1.97. The minimum Gasteiger partial charge on any atom is -0.383 e. The van der Waals surface area contributed by atoms with Crippen molar-refractivity contribution in [1.29, 1.82) is 0 Å². The van der Waals surface area contributed by atoms with E-state index in [4.69, 9.17) is 0 Å². The van der Waals surface area contributed by atoms with Crippen LogP contribution in [0.25, 0.3) is 0 Å². The van der Waals surface area contributed by atoms with Crippen molar-refractivity contribution in [3.8, 4) is 0 Å². The van der Waals surface area contributed by atoms with Crippen LogP contribution in [0.15, 0.2) is 30.6 Å². The SMILES string of the molecule is Cc1cnn(CCNc2ccc([N+](=O)[O-])c(I)c2)c1. The maximum atomic E-state index is 10.7. The number of anilines is 1. The number of nitro groups is 1. The second-order valence-electron chi connectivity index (χ2n) is 4.13. The lowest BCUT2D eigenvalue weighted by Gasteiger charge is -2.07. The van der Waals surface area contributed by atoms with Crippen molar-refractivity contribution in [3.63, 3.8) is 0 Å². The smallest absolute Gasteiger partial charge is 0.282 e. The predicted octanol–water partition coefficient (Wildman–Crippen LogP) is 2.82. The van der Waals surface area contributed by atoms with E-state index in [0.717, 1.165) is 24.3 Å². The Morgan fingerprint density at radius 3 is 2.89 bits per heavy atom. The third-order valence-corrected chi connectivity index (χ3v) is 3.44. The monoisotopic (exact) mass is 372 g/mol. The third kappa shape index (κ3) is 3.66. The molecule has 0 fully saturated rings. The summed E-state index contributed by atoms with van der Waals surface area (Å²) in [5.74, 6) is 0. The Kier molecular flexibility index (Phi) is 4.35. The van der Waals surface area contributed by atoms with E-state index >= 15 is 0 Å². The fourth-order valence-electron chi connectivity index (χ4n) is 1.67. The van der Waals surface area contributed by atoms with Gasteiger partial charge in [-0.25, -0.2) is 0 Å². The van der Waals surface area contributed by atoms with E-state index in [2.05, 4.69) is 10.4 Å². The number of aryl methyl sites for hydroxylation is 1. The summed E-state index contributed by atoms with van der Waals surface area (Å²) in [6, 6.07) is 5.00. The molecule has 2 aromatic rings. The zero-order chi connectivity index (χ0) is 13.8. The molecule has 0 saturated heterocycles. The Hall–Kier alpha value is -1.64. The molecule has 2 rings (SSSR count). The van der Waals surface area contributed by atoms with E-state index in [0.29, 0.717) is 3.57 Å². The van der Waals surface area contributed by atoms with Crippen molar-refractivity contribution in [2.24, 2.45) is 0 Å². The van der Waals surface area contributed by atoms with Crippen LogP contribution in [0.1, 0.15) is 5.56 Å². The highest BCUT2D eigenvalue weighted by Crippen LogP contribution is 2.23. The molecule has 0 aliphatic carbocycles. The summed E-state index contributed by atoms with van der Waals surface area (Å²) in [5, 5.41) is 18.1. The van der Waals surface area contributed by atoms with Crippen LogP contribution in [0.5, 0.6) is 0 Å². The Bertz CT molecular complexity index is 597. The van der Waals surface area contributed by atoms with Gasteiger partial charge in [-0.15, -0.1) is 0 Å². The van der Waals surface area contributed by atoms with E-state index in [-0.39, 0.29) is 10.6 Å². The first kappa shape index (κ1) is 13.8. The molecule has 6 nitrogen and oxygen atoms in total. The summed E-state index contributed by atoms with van der Waals surface area (Å²) in [6.45, 7) is 3.46. The molecule has 0 atom stereocenters. The second-order valence-corrected chi connectivity index (χ2v) is 5.29. The second kappa shape index (κ2) is 6.00. The van der Waals surface area contributed by atoms with E-state index in [1.165, 1.54) is 6.07 Å². The van der Waals surface area contributed by atoms with Gasteiger partial charge in [0, 0.05) is 24.5 Å². The van der Waals surface area contributed by atoms with E-state index in [9.17, 15) is 10.1 Å². The summed E-state index contributed by atoms with van der Waals surface area (Å²) in [6.07, 6.45) is 3.79. The van der Waals surface area contributed by atoms with Gasteiger partial charge in [-0.3, -0.25) is 14.8 Å². The van der Waals surface area contributed by atoms with Gasteiger partial charge in [-0.05, 0) is 47.2 Å². The number of aromatic nitrogens is 2. The quantitative estimate of drug-likeness (QED) is 0.498. The Morgan fingerprint density at radius 2 is 2.32 bits per heavy atom. The lowest BCUT2D eigenvalue weighted by atomic mass is 10.3. The van der Waals surface area contributed by atoms with Gasteiger partial charge >= 0.3 is 0 Å². The minimum atomic E-state index is -0.377. The third-order valence-electron chi connectivity index (χ3n) is 2.58. The first-order valence-corrected chi connectivity index (χ1v) is 6.81. The minimum absolute atomic E-state index is 0.133. The maximum absolute atomic E-state index is 10.7. The van der Waals surface area contributed by atoms with Crippen molar-refractivity contribution >= 4 is 34.0 Å². The Balaban J connectivity index is 1.93. The lowest BCUT2D eigenvalue weighted by molar-refractivity contribution is -0.385. The number of hydrogen-bond donors (Lipinski definition) is 1. The predicted molar refractivity (Wildman–Crippen MR) is 81.3 cm³/mol. The number of halogens is 1. The zero-order valence-electron chi connectivity index (χ0n) is 10.3. The van der Waals surface area contributed by atoms with Gasteiger partial charge in [0.15, 0.2) is 0 Å². The molecule has 1 heterocycles. The largest absolute Gasteiger partial charge is 0.383 e. The molecular weight excluding hydrogens is 359 g/mol. The zero-order valence-corrected chi connectivity index (χ0v) is 12.5. The fourth-order valence-corrected chi connectivity index (χ4v) is 2.38. The molecule has 0 aliphatic rings. The molecule has 0 bridgehead atoms. The lowest BCUT2D eigenvalue weighted by Crippen LogP contribution is -2.11. The van der Waals surface area contributed by atoms with Crippen molar-refractivity contribution in [1.82, 2.24) is 9.78 Å². The van der Waals surface area contributed by atoms with Crippen molar-refractivity contribution in [2.75, 3.05) is 11.9 Å². The Morgan fingerprint density at radius 1 is 1.53 bits per heavy atom. The van der Waals surface area contributed by atoms with Crippen LogP contribution in [0, 0.1) is 20.6 Å². The molecule has 0 radical (unpaired) electrons. The van der Waals surface area contributed by atoms with Crippen molar-refractivity contribution in [2.45, 2.75) is 13.5 Å². The van der Waals surface area contributed by atoms with Crippen LogP contribution in [0.3, 0.4) is 0 Å². The van der Waals surface area contributed by atoms with Crippen LogP contribution in [0.2, 0.25) is 0 Å². The molecule has 0 saturated carbocycles. The van der Waals surface area contributed by atoms with Crippen molar-refractivity contribution in [3.05, 3.63) is 49.8 Å². The standard InChI is InChI=1S/C12H13IN4O2/c1-9-7-15-16(8-9)5-4-14-10-2-3-12(17(18)19)11(13)6-10/h2-3,6-8,14H,4-5H2,1H3. The maximum Gasteiger partial charge on any atom is 0.282 e. The van der Waals surface area contributed by atoms with Gasteiger partial charge in [0.2, 0.25) is 0 Å². The van der Waals surface area contributed by atoms with Gasteiger partial charge < -0.3 is 5.32 Å². The average molecular weight is 372 g/mol. The molecule has 1 aromatic carbocycles. The first-order chi connectivity index (χ1) is 9.06. The molecule has 100 valence electrons. The first-order valence-electron chi connectivity index (χ1n) is 5.73. The van der Waals surface area contributed by atoms with Crippen LogP contribution in [-0.2, 0) is 6.54 Å². The molecule has 7 heteroatoms. The molecule has 0 spiro atoms. The van der Waals surface area contributed by atoms with Crippen LogP contribution < -0.4 is 5.32 Å². The van der Waals surface area contributed by atoms with E-state index in [1.54, 1.807) is 12.1 Å². The van der Waals surface area contributed by atoms with Crippen LogP contribution in [-0.4, -0.2) is 21.2 Å². The van der Waals surface area contributed by atoms with Crippen LogP contribution in [0.4, 0.5) is 11.4 Å². The number of benzene rings is 1. The molecule has 0 unspecified atom stereocenters. The number of nitro benzene ring substituents is 1. The van der Waals surface area contributed by atoms with E-state index < -0.39 is 0 Å². The summed E-state index contributed by atoms with van der Waals surface area (Å²) in [4.78, 5) is 10.3. The number of nitrogens with one attached hydrogen (secondary N) is 1. The van der Waals surface area contributed by atoms with Gasteiger partial charge in [0.25, 0.3) is 5.69 Å². The normalized spacial score (nSPS) is 10.4. The molecule has 19 heavy (non-hydrogen) atoms. The fraction of sp³-hybridized carbons (Fsp3) is 0.250. The van der Waals surface area contributed by atoms with Gasteiger partial charge in [-0.2, -0.15) is 5.10 Å². The summed E-state index contributed by atoms with van der Waals surface area (Å²) in [5.41, 5.74) is 2.14. The van der Waals surface area contributed by atoms with Gasteiger partial charge in [0.05, 0.1) is 21.2 Å². The molecule has 0 amide bonds. The Labute approximate surface area is 124 Å². The highest BCUT2D eigenvalue weighted by molar-refractivity contribution is 14.1. The number of rotatable bonds is 5. The van der Waals surface area contributed by atoms with Gasteiger partial charge in [0.1, 0.15) is 0 Å². The van der Waals surface area contributed by atoms with E-state index in [1.807, 2.05) is 46.6 Å². The summed E-state index contributed by atoms with van der Waals surface area (Å²) in [7, 11) is 0. The molecular formula is C12H13IN4O2. The van der Waals surface area contributed by atoms with Crippen molar-refractivity contribution < 1.29 is 4.92 Å². The van der Waals surface area contributed by atoms with Gasteiger partial charge in [-0.1, -0.05) is 0 Å².